The molecule has 192 valence electrons. The number of fused-ring (bicyclic) bond motifs is 8. The van der Waals surface area contributed by atoms with Gasteiger partial charge in [0.1, 0.15) is 11.2 Å². The molecule has 0 N–H and O–H groups in total. The SMILES string of the molecule is c1ccc(-c2cc(-c3ccccc3)c3sc4nc5ccc(-c6ccc7oc8ccccc8c7c6)cc5n4c3c2)cc1. The largest absolute Gasteiger partial charge is 0.456 e. The van der Waals surface area contributed by atoms with Gasteiger partial charge in [-0.1, -0.05) is 102 Å². The maximum atomic E-state index is 6.08. The number of aromatic nitrogens is 2. The van der Waals surface area contributed by atoms with Crippen LogP contribution in [0, 0.1) is 0 Å². The zero-order chi connectivity index (χ0) is 26.9. The molecule has 0 saturated carbocycles. The Morgan fingerprint density at radius 3 is 2.05 bits per heavy atom. The van der Waals surface area contributed by atoms with E-state index in [2.05, 4.69) is 126 Å². The van der Waals surface area contributed by atoms with Crippen LogP contribution in [-0.2, 0) is 0 Å². The lowest BCUT2D eigenvalue weighted by atomic mass is 9.98. The topological polar surface area (TPSA) is 30.4 Å². The second kappa shape index (κ2) is 8.65. The molecule has 0 spiro atoms. The van der Waals surface area contributed by atoms with Gasteiger partial charge in [0.05, 0.1) is 21.3 Å². The molecule has 0 aliphatic rings. The van der Waals surface area contributed by atoms with E-state index >= 15 is 0 Å². The van der Waals surface area contributed by atoms with E-state index in [4.69, 9.17) is 9.40 Å². The number of benzene rings is 6. The molecule has 9 rings (SSSR count). The normalized spacial score (nSPS) is 11.9. The van der Waals surface area contributed by atoms with E-state index in [1.807, 2.05) is 12.1 Å². The molecule has 0 aliphatic heterocycles. The summed E-state index contributed by atoms with van der Waals surface area (Å²) in [6.07, 6.45) is 0. The summed E-state index contributed by atoms with van der Waals surface area (Å²) in [5, 5.41) is 2.28. The fraction of sp³-hybridized carbons (Fsp3) is 0. The average Bonchev–Trinajstić information content (AvgIpc) is 3.70. The van der Waals surface area contributed by atoms with Crippen molar-refractivity contribution in [2.45, 2.75) is 0 Å². The van der Waals surface area contributed by atoms with Crippen molar-refractivity contribution >= 4 is 59.5 Å². The second-order valence-electron chi connectivity index (χ2n) is 10.4. The van der Waals surface area contributed by atoms with Crippen LogP contribution >= 0.6 is 11.3 Å². The summed E-state index contributed by atoms with van der Waals surface area (Å²) in [5.41, 5.74) is 12.3. The van der Waals surface area contributed by atoms with E-state index in [0.717, 1.165) is 49.1 Å². The van der Waals surface area contributed by atoms with E-state index in [0.29, 0.717) is 0 Å². The zero-order valence-electron chi connectivity index (χ0n) is 21.9. The molecule has 9 aromatic rings. The Hall–Kier alpha value is -5.19. The van der Waals surface area contributed by atoms with Crippen molar-refractivity contribution in [1.29, 1.82) is 0 Å². The monoisotopic (exact) mass is 542 g/mol. The number of thiazole rings is 1. The first kappa shape index (κ1) is 22.6. The smallest absolute Gasteiger partial charge is 0.195 e. The molecule has 0 aliphatic carbocycles. The summed E-state index contributed by atoms with van der Waals surface area (Å²) >= 11 is 1.76. The molecule has 6 aromatic carbocycles. The Kier molecular flexibility index (Phi) is 4.77. The van der Waals surface area contributed by atoms with Gasteiger partial charge in [-0.2, -0.15) is 0 Å². The minimum Gasteiger partial charge on any atom is -0.456 e. The van der Waals surface area contributed by atoms with E-state index in [9.17, 15) is 0 Å². The Morgan fingerprint density at radius 1 is 0.512 bits per heavy atom. The summed E-state index contributed by atoms with van der Waals surface area (Å²) in [7, 11) is 0. The summed E-state index contributed by atoms with van der Waals surface area (Å²) in [6.45, 7) is 0. The summed E-state index contributed by atoms with van der Waals surface area (Å²) in [4.78, 5) is 6.08. The third-order valence-electron chi connectivity index (χ3n) is 8.03. The fourth-order valence-corrected chi connectivity index (χ4v) is 7.20. The number of hydrogen-bond donors (Lipinski definition) is 0. The molecule has 0 saturated heterocycles. The molecule has 0 bridgehead atoms. The number of furan rings is 1. The standard InChI is InChI=1S/C37H22N2OS/c1-3-9-23(10-4-1)27-20-29(24-11-5-2-6-12-24)36-33(22-27)39-32-21-26(15-17-31(32)38-37(39)41-36)25-16-18-35-30(19-25)28-13-7-8-14-34(28)40-35/h1-22H. The molecule has 0 atom stereocenters. The fourth-order valence-electron chi connectivity index (χ4n) is 6.05. The molecule has 3 heterocycles. The van der Waals surface area contributed by atoms with Crippen molar-refractivity contribution in [1.82, 2.24) is 9.38 Å². The van der Waals surface area contributed by atoms with Crippen LogP contribution in [0.3, 0.4) is 0 Å². The summed E-state index contributed by atoms with van der Waals surface area (Å²) < 4.78 is 9.66. The van der Waals surface area contributed by atoms with E-state index in [1.165, 1.54) is 32.5 Å². The number of hydrogen-bond acceptors (Lipinski definition) is 3. The van der Waals surface area contributed by atoms with E-state index in [1.54, 1.807) is 11.3 Å². The zero-order valence-corrected chi connectivity index (χ0v) is 22.7. The molecule has 0 radical (unpaired) electrons. The van der Waals surface area contributed by atoms with Gasteiger partial charge in [-0.15, -0.1) is 0 Å². The summed E-state index contributed by atoms with van der Waals surface area (Å²) in [6, 6.07) is 47.2. The molecule has 0 amide bonds. The van der Waals surface area contributed by atoms with E-state index < -0.39 is 0 Å². The van der Waals surface area contributed by atoms with Crippen molar-refractivity contribution in [3.05, 3.63) is 133 Å². The van der Waals surface area contributed by atoms with Crippen molar-refractivity contribution in [3.63, 3.8) is 0 Å². The molecule has 0 unspecified atom stereocenters. The predicted molar refractivity (Wildman–Crippen MR) is 172 cm³/mol. The van der Waals surface area contributed by atoms with Crippen LogP contribution in [0.2, 0.25) is 0 Å². The maximum Gasteiger partial charge on any atom is 0.195 e. The van der Waals surface area contributed by atoms with Gasteiger partial charge < -0.3 is 4.42 Å². The van der Waals surface area contributed by atoms with Gasteiger partial charge in [-0.05, 0) is 70.3 Å². The highest BCUT2D eigenvalue weighted by Crippen LogP contribution is 2.41. The number of para-hydroxylation sites is 1. The van der Waals surface area contributed by atoms with Gasteiger partial charge in [-0.25, -0.2) is 4.98 Å². The highest BCUT2D eigenvalue weighted by atomic mass is 32.1. The van der Waals surface area contributed by atoms with Gasteiger partial charge in [-0.3, -0.25) is 4.40 Å². The van der Waals surface area contributed by atoms with E-state index in [-0.39, 0.29) is 0 Å². The Balaban J connectivity index is 1.30. The molecule has 0 fully saturated rings. The van der Waals surface area contributed by atoms with Crippen LogP contribution in [0.1, 0.15) is 0 Å². The lowest BCUT2D eigenvalue weighted by molar-refractivity contribution is 0.669. The van der Waals surface area contributed by atoms with Crippen LogP contribution in [0.15, 0.2) is 138 Å². The number of nitrogens with zero attached hydrogens (tertiary/aromatic N) is 2. The Morgan fingerprint density at radius 2 is 1.20 bits per heavy atom. The van der Waals surface area contributed by atoms with Crippen LogP contribution in [-0.4, -0.2) is 9.38 Å². The first-order valence-corrected chi connectivity index (χ1v) is 14.5. The van der Waals surface area contributed by atoms with Crippen molar-refractivity contribution in [2.24, 2.45) is 0 Å². The van der Waals surface area contributed by atoms with Gasteiger partial charge >= 0.3 is 0 Å². The molecule has 3 aromatic heterocycles. The molecular formula is C37H22N2OS. The first-order chi connectivity index (χ1) is 20.3. The highest BCUT2D eigenvalue weighted by Gasteiger charge is 2.18. The van der Waals surface area contributed by atoms with Crippen LogP contribution in [0.5, 0.6) is 0 Å². The van der Waals surface area contributed by atoms with Gasteiger partial charge in [0, 0.05) is 16.3 Å². The third-order valence-corrected chi connectivity index (χ3v) is 9.12. The highest BCUT2D eigenvalue weighted by molar-refractivity contribution is 7.24. The Bertz CT molecular complexity index is 2410. The number of rotatable bonds is 3. The quantitative estimate of drug-likeness (QED) is 0.222. The second-order valence-corrected chi connectivity index (χ2v) is 11.4. The maximum absolute atomic E-state index is 6.08. The van der Waals surface area contributed by atoms with Crippen LogP contribution < -0.4 is 0 Å². The summed E-state index contributed by atoms with van der Waals surface area (Å²) in [5.74, 6) is 0. The van der Waals surface area contributed by atoms with Crippen LogP contribution in [0.25, 0.3) is 81.5 Å². The molecular weight excluding hydrogens is 520 g/mol. The Labute approximate surface area is 239 Å². The molecule has 41 heavy (non-hydrogen) atoms. The van der Waals surface area contributed by atoms with Gasteiger partial charge in [0.15, 0.2) is 4.96 Å². The lowest BCUT2D eigenvalue weighted by Gasteiger charge is -2.09. The predicted octanol–water partition coefficient (Wildman–Crippen LogP) is 10.6. The van der Waals surface area contributed by atoms with Crippen molar-refractivity contribution in [3.8, 4) is 33.4 Å². The number of imidazole rings is 1. The average molecular weight is 543 g/mol. The van der Waals surface area contributed by atoms with Crippen LogP contribution in [0.4, 0.5) is 0 Å². The van der Waals surface area contributed by atoms with Crippen molar-refractivity contribution in [2.75, 3.05) is 0 Å². The van der Waals surface area contributed by atoms with Crippen molar-refractivity contribution < 1.29 is 4.42 Å². The lowest BCUT2D eigenvalue weighted by Crippen LogP contribution is -1.87. The molecule has 3 nitrogen and oxygen atoms in total. The molecule has 4 heteroatoms. The minimum absolute atomic E-state index is 0.911. The van der Waals surface area contributed by atoms with Gasteiger partial charge in [0.2, 0.25) is 0 Å². The third kappa shape index (κ3) is 3.48. The minimum atomic E-state index is 0.911. The first-order valence-electron chi connectivity index (χ1n) is 13.7. The van der Waals surface area contributed by atoms with Gasteiger partial charge in [0.25, 0.3) is 0 Å².